The molecule has 1 heterocycles. The Bertz CT molecular complexity index is 336. The van der Waals surface area contributed by atoms with Crippen molar-refractivity contribution in [1.82, 2.24) is 0 Å². The third-order valence-corrected chi connectivity index (χ3v) is 2.91. The van der Waals surface area contributed by atoms with Crippen molar-refractivity contribution < 1.29 is 9.53 Å². The van der Waals surface area contributed by atoms with E-state index in [1.54, 1.807) is 11.3 Å². The lowest BCUT2D eigenvalue weighted by Gasteiger charge is -1.98. The summed E-state index contributed by atoms with van der Waals surface area (Å²) in [7, 11) is 1.38. The molecule has 0 spiro atoms. The molecule has 70 valence electrons. The van der Waals surface area contributed by atoms with E-state index in [-0.39, 0.29) is 5.97 Å². The van der Waals surface area contributed by atoms with E-state index in [1.165, 1.54) is 18.7 Å². The highest BCUT2D eigenvalue weighted by Gasteiger charge is 2.03. The summed E-state index contributed by atoms with van der Waals surface area (Å²) in [5.74, 6) is -0.301. The lowest BCUT2D eigenvalue weighted by Crippen LogP contribution is -1.95. The number of allylic oxidation sites excluding steroid dienone is 1. The van der Waals surface area contributed by atoms with Crippen LogP contribution in [0.2, 0.25) is 0 Å². The monoisotopic (exact) mass is 196 g/mol. The summed E-state index contributed by atoms with van der Waals surface area (Å²) in [6, 6.07) is 2.04. The molecule has 0 saturated carbocycles. The fourth-order valence-electron chi connectivity index (χ4n) is 1.08. The number of thiophene rings is 1. The van der Waals surface area contributed by atoms with Gasteiger partial charge in [-0.05, 0) is 36.4 Å². The Morgan fingerprint density at radius 3 is 2.77 bits per heavy atom. The van der Waals surface area contributed by atoms with Gasteiger partial charge in [0.05, 0.1) is 7.11 Å². The number of carbonyl (C=O) groups is 1. The molecular weight excluding hydrogens is 184 g/mol. The molecule has 0 atom stereocenters. The normalized spacial score (nSPS) is 11.5. The Hall–Kier alpha value is -1.09. The zero-order valence-electron chi connectivity index (χ0n) is 7.96. The van der Waals surface area contributed by atoms with Gasteiger partial charge in [-0.3, -0.25) is 0 Å². The quantitative estimate of drug-likeness (QED) is 0.537. The molecule has 0 aromatic carbocycles. The van der Waals surface area contributed by atoms with Gasteiger partial charge in [-0.2, -0.15) is 0 Å². The van der Waals surface area contributed by atoms with Crippen LogP contribution in [0.1, 0.15) is 17.4 Å². The molecule has 13 heavy (non-hydrogen) atoms. The summed E-state index contributed by atoms with van der Waals surface area (Å²) in [4.78, 5) is 12.1. The summed E-state index contributed by atoms with van der Waals surface area (Å²) in [6.45, 7) is 3.94. The summed E-state index contributed by atoms with van der Waals surface area (Å²) < 4.78 is 4.55. The van der Waals surface area contributed by atoms with Gasteiger partial charge < -0.3 is 4.74 Å². The van der Waals surface area contributed by atoms with Crippen molar-refractivity contribution in [2.45, 2.75) is 13.8 Å². The summed E-state index contributed by atoms with van der Waals surface area (Å²) in [6.07, 6.45) is 1.51. The standard InChI is InChI=1S/C10H12O2S/c1-7-4-5-13-10(7)8(2)6-9(11)12-3/h4-6H,1-3H3/b8-6+. The molecule has 0 aliphatic rings. The van der Waals surface area contributed by atoms with Gasteiger partial charge in [-0.25, -0.2) is 4.79 Å². The Morgan fingerprint density at radius 2 is 2.31 bits per heavy atom. The van der Waals surface area contributed by atoms with Gasteiger partial charge in [0, 0.05) is 11.0 Å². The van der Waals surface area contributed by atoms with E-state index in [9.17, 15) is 4.79 Å². The van der Waals surface area contributed by atoms with E-state index in [1.807, 2.05) is 25.3 Å². The van der Waals surface area contributed by atoms with E-state index in [2.05, 4.69) is 4.74 Å². The van der Waals surface area contributed by atoms with Gasteiger partial charge in [0.25, 0.3) is 0 Å². The van der Waals surface area contributed by atoms with Crippen LogP contribution in [0.3, 0.4) is 0 Å². The second-order valence-electron chi connectivity index (χ2n) is 2.78. The molecule has 0 aliphatic carbocycles. The molecule has 0 saturated heterocycles. The number of ether oxygens (including phenoxy) is 1. The zero-order chi connectivity index (χ0) is 9.84. The van der Waals surface area contributed by atoms with Crippen LogP contribution < -0.4 is 0 Å². The number of methoxy groups -OCH3 is 1. The van der Waals surface area contributed by atoms with Crippen molar-refractivity contribution >= 4 is 22.9 Å². The molecule has 0 radical (unpaired) electrons. The average Bonchev–Trinajstić information content (AvgIpc) is 2.51. The minimum absolute atomic E-state index is 0.301. The maximum atomic E-state index is 10.9. The van der Waals surface area contributed by atoms with Crippen LogP contribution in [0.4, 0.5) is 0 Å². The zero-order valence-corrected chi connectivity index (χ0v) is 8.77. The number of hydrogen-bond acceptors (Lipinski definition) is 3. The van der Waals surface area contributed by atoms with E-state index in [0.717, 1.165) is 10.5 Å². The van der Waals surface area contributed by atoms with Gasteiger partial charge in [0.1, 0.15) is 0 Å². The molecule has 1 aromatic rings. The van der Waals surface area contributed by atoms with Gasteiger partial charge in [0.15, 0.2) is 0 Å². The fraction of sp³-hybridized carbons (Fsp3) is 0.300. The summed E-state index contributed by atoms with van der Waals surface area (Å²) >= 11 is 1.63. The topological polar surface area (TPSA) is 26.3 Å². The molecule has 0 unspecified atom stereocenters. The number of esters is 1. The van der Waals surface area contributed by atoms with Gasteiger partial charge >= 0.3 is 5.97 Å². The third-order valence-electron chi connectivity index (χ3n) is 1.76. The molecule has 0 N–H and O–H groups in total. The highest BCUT2D eigenvalue weighted by molar-refractivity contribution is 7.11. The average molecular weight is 196 g/mol. The predicted molar refractivity (Wildman–Crippen MR) is 54.7 cm³/mol. The van der Waals surface area contributed by atoms with Crippen molar-refractivity contribution in [1.29, 1.82) is 0 Å². The van der Waals surface area contributed by atoms with E-state index in [0.29, 0.717) is 0 Å². The maximum Gasteiger partial charge on any atom is 0.330 e. The maximum absolute atomic E-state index is 10.9. The van der Waals surface area contributed by atoms with Crippen molar-refractivity contribution in [3.05, 3.63) is 28.0 Å². The second kappa shape index (κ2) is 4.23. The lowest BCUT2D eigenvalue weighted by molar-refractivity contribution is -0.134. The van der Waals surface area contributed by atoms with E-state index in [4.69, 9.17) is 0 Å². The highest BCUT2D eigenvalue weighted by Crippen LogP contribution is 2.24. The van der Waals surface area contributed by atoms with Crippen LogP contribution in [-0.2, 0) is 9.53 Å². The Morgan fingerprint density at radius 1 is 1.62 bits per heavy atom. The molecule has 2 nitrogen and oxygen atoms in total. The number of rotatable bonds is 2. The van der Waals surface area contributed by atoms with Gasteiger partial charge in [0.2, 0.25) is 0 Å². The molecule has 1 aromatic heterocycles. The van der Waals surface area contributed by atoms with Crippen LogP contribution in [0.25, 0.3) is 5.57 Å². The van der Waals surface area contributed by atoms with Crippen molar-refractivity contribution in [2.75, 3.05) is 7.11 Å². The van der Waals surface area contributed by atoms with E-state index < -0.39 is 0 Å². The van der Waals surface area contributed by atoms with Crippen LogP contribution in [0, 0.1) is 6.92 Å². The first-order valence-corrected chi connectivity index (χ1v) is 4.84. The minimum Gasteiger partial charge on any atom is -0.466 e. The van der Waals surface area contributed by atoms with Crippen molar-refractivity contribution in [3.8, 4) is 0 Å². The summed E-state index contributed by atoms with van der Waals surface area (Å²) in [5.41, 5.74) is 2.15. The third kappa shape index (κ3) is 2.42. The molecule has 0 aliphatic heterocycles. The van der Waals surface area contributed by atoms with Crippen LogP contribution in [0.5, 0.6) is 0 Å². The lowest BCUT2D eigenvalue weighted by atomic mass is 10.1. The molecule has 0 bridgehead atoms. The van der Waals surface area contributed by atoms with Crippen LogP contribution >= 0.6 is 11.3 Å². The van der Waals surface area contributed by atoms with Gasteiger partial charge in [-0.1, -0.05) is 0 Å². The SMILES string of the molecule is COC(=O)/C=C(\C)c1sccc1C. The largest absolute Gasteiger partial charge is 0.466 e. The molecule has 1 rings (SSSR count). The second-order valence-corrected chi connectivity index (χ2v) is 3.70. The molecule has 0 amide bonds. The minimum atomic E-state index is -0.301. The Kier molecular flexibility index (Phi) is 3.25. The Labute approximate surface area is 81.8 Å². The fourth-order valence-corrected chi connectivity index (χ4v) is 1.98. The first-order valence-electron chi connectivity index (χ1n) is 3.96. The smallest absolute Gasteiger partial charge is 0.330 e. The molecule has 0 fully saturated rings. The van der Waals surface area contributed by atoms with Crippen LogP contribution in [0.15, 0.2) is 17.5 Å². The highest BCUT2D eigenvalue weighted by atomic mass is 32.1. The Balaban J connectivity index is 2.91. The molecular formula is C10H12O2S. The van der Waals surface area contributed by atoms with Crippen molar-refractivity contribution in [2.24, 2.45) is 0 Å². The number of hydrogen-bond donors (Lipinski definition) is 0. The predicted octanol–water partition coefficient (Wildman–Crippen LogP) is 2.63. The number of carbonyl (C=O) groups excluding carboxylic acids is 1. The van der Waals surface area contributed by atoms with Gasteiger partial charge in [-0.15, -0.1) is 11.3 Å². The number of aryl methyl sites for hydroxylation is 1. The first-order chi connectivity index (χ1) is 6.15. The van der Waals surface area contributed by atoms with Crippen molar-refractivity contribution in [3.63, 3.8) is 0 Å². The first kappa shape index (κ1) is 9.99. The summed E-state index contributed by atoms with van der Waals surface area (Å²) in [5, 5.41) is 2.01. The van der Waals surface area contributed by atoms with Crippen LogP contribution in [-0.4, -0.2) is 13.1 Å². The van der Waals surface area contributed by atoms with E-state index >= 15 is 0 Å². The molecule has 3 heteroatoms.